The number of anilines is 1. The van der Waals surface area contributed by atoms with Crippen LogP contribution in [0.3, 0.4) is 0 Å². The maximum absolute atomic E-state index is 13.8. The van der Waals surface area contributed by atoms with Crippen LogP contribution in [0.4, 0.5) is 10.1 Å². The van der Waals surface area contributed by atoms with Gasteiger partial charge in [0.15, 0.2) is 0 Å². The third kappa shape index (κ3) is 3.08. The zero-order valence-corrected chi connectivity index (χ0v) is 12.7. The highest BCUT2D eigenvalue weighted by atomic mass is 19.1. The first-order valence-electron chi connectivity index (χ1n) is 7.90. The molecule has 22 heavy (non-hydrogen) atoms. The Hall–Kier alpha value is -1.66. The van der Waals surface area contributed by atoms with Gasteiger partial charge in [0.05, 0.1) is 12.2 Å². The number of hydrogen-bond acceptors (Lipinski definition) is 4. The van der Waals surface area contributed by atoms with Crippen LogP contribution in [0.2, 0.25) is 0 Å². The van der Waals surface area contributed by atoms with Gasteiger partial charge >= 0.3 is 0 Å². The van der Waals surface area contributed by atoms with Gasteiger partial charge in [0, 0.05) is 45.3 Å². The molecule has 3 rings (SSSR count). The number of rotatable bonds is 3. The monoisotopic (exact) mass is 306 g/mol. The second kappa shape index (κ2) is 6.62. The van der Waals surface area contributed by atoms with Gasteiger partial charge in [-0.05, 0) is 18.6 Å². The van der Waals surface area contributed by atoms with Crippen LogP contribution in [-0.4, -0.2) is 67.6 Å². The molecule has 0 spiro atoms. The lowest BCUT2D eigenvalue weighted by Gasteiger charge is -2.39. The van der Waals surface area contributed by atoms with Crippen LogP contribution >= 0.6 is 0 Å². The van der Waals surface area contributed by atoms with Crippen molar-refractivity contribution in [3.05, 3.63) is 30.1 Å². The molecule has 2 saturated heterocycles. The van der Waals surface area contributed by atoms with Gasteiger partial charge in [-0.25, -0.2) is 4.39 Å². The molecule has 2 heterocycles. The predicted octanol–water partition coefficient (Wildman–Crippen LogP) is 0.507. The summed E-state index contributed by atoms with van der Waals surface area (Å²) in [6, 6.07) is 7.35. The van der Waals surface area contributed by atoms with Gasteiger partial charge in [-0.1, -0.05) is 12.1 Å². The van der Waals surface area contributed by atoms with Crippen LogP contribution in [0.15, 0.2) is 24.3 Å². The van der Waals surface area contributed by atoms with Crippen molar-refractivity contribution in [3.63, 3.8) is 0 Å². The van der Waals surface area contributed by atoms with E-state index in [-0.39, 0.29) is 18.3 Å². The smallest absolute Gasteiger partial charge is 0.236 e. The Morgan fingerprint density at radius 2 is 1.91 bits per heavy atom. The van der Waals surface area contributed by atoms with E-state index in [1.54, 1.807) is 6.07 Å². The maximum Gasteiger partial charge on any atom is 0.236 e. The molecule has 120 valence electrons. The molecule has 0 aromatic heterocycles. The van der Waals surface area contributed by atoms with E-state index in [4.69, 9.17) is 5.73 Å². The van der Waals surface area contributed by atoms with E-state index in [0.29, 0.717) is 11.7 Å². The van der Waals surface area contributed by atoms with Crippen molar-refractivity contribution < 1.29 is 9.18 Å². The van der Waals surface area contributed by atoms with Crippen LogP contribution in [0.25, 0.3) is 0 Å². The fourth-order valence-electron chi connectivity index (χ4n) is 3.43. The summed E-state index contributed by atoms with van der Waals surface area (Å²) >= 11 is 0. The summed E-state index contributed by atoms with van der Waals surface area (Å²) in [4.78, 5) is 18.0. The molecule has 2 N–H and O–H groups in total. The van der Waals surface area contributed by atoms with Gasteiger partial charge in [-0.2, -0.15) is 0 Å². The number of halogens is 1. The zero-order valence-electron chi connectivity index (χ0n) is 12.7. The topological polar surface area (TPSA) is 52.8 Å². The highest BCUT2D eigenvalue weighted by Crippen LogP contribution is 2.22. The SMILES string of the molecule is NCC(=O)N1CCC(N2CCN(c3ccccc3F)CC2)C1. The molecule has 1 amide bonds. The molecule has 1 aromatic rings. The highest BCUT2D eigenvalue weighted by molar-refractivity contribution is 5.78. The third-order valence-electron chi connectivity index (χ3n) is 4.71. The largest absolute Gasteiger partial charge is 0.367 e. The van der Waals surface area contributed by atoms with Crippen molar-refractivity contribution in [1.29, 1.82) is 0 Å². The summed E-state index contributed by atoms with van der Waals surface area (Å²) in [7, 11) is 0. The predicted molar refractivity (Wildman–Crippen MR) is 84.2 cm³/mol. The molecule has 2 aliphatic heterocycles. The number of likely N-dealkylation sites (tertiary alicyclic amines) is 1. The summed E-state index contributed by atoms with van der Waals surface area (Å²) < 4.78 is 13.8. The fraction of sp³-hybridized carbons (Fsp3) is 0.562. The summed E-state index contributed by atoms with van der Waals surface area (Å²) in [5.41, 5.74) is 6.11. The lowest BCUT2D eigenvalue weighted by atomic mass is 10.1. The van der Waals surface area contributed by atoms with Crippen LogP contribution in [0.1, 0.15) is 6.42 Å². The van der Waals surface area contributed by atoms with Gasteiger partial charge in [0.1, 0.15) is 5.82 Å². The van der Waals surface area contributed by atoms with Crippen molar-refractivity contribution in [1.82, 2.24) is 9.80 Å². The Kier molecular flexibility index (Phi) is 4.59. The van der Waals surface area contributed by atoms with Crippen molar-refractivity contribution in [2.24, 2.45) is 5.73 Å². The first kappa shape index (κ1) is 15.2. The minimum Gasteiger partial charge on any atom is -0.367 e. The van der Waals surface area contributed by atoms with E-state index in [1.165, 1.54) is 6.07 Å². The van der Waals surface area contributed by atoms with Crippen molar-refractivity contribution in [2.45, 2.75) is 12.5 Å². The lowest BCUT2D eigenvalue weighted by molar-refractivity contribution is -0.128. The average molecular weight is 306 g/mol. The Bertz CT molecular complexity index is 531. The number of carbonyl (C=O) groups is 1. The first-order valence-corrected chi connectivity index (χ1v) is 7.90. The number of piperazine rings is 1. The number of nitrogens with two attached hydrogens (primary N) is 1. The molecular weight excluding hydrogens is 283 g/mol. The second-order valence-electron chi connectivity index (χ2n) is 5.96. The number of para-hydroxylation sites is 1. The van der Waals surface area contributed by atoms with Gasteiger partial charge in [0.2, 0.25) is 5.91 Å². The number of nitrogens with zero attached hydrogens (tertiary/aromatic N) is 3. The molecule has 2 aliphatic rings. The standard InChI is InChI=1S/C16H23FN4O/c17-14-3-1-2-4-15(14)20-9-7-19(8-10-20)13-5-6-21(12-13)16(22)11-18/h1-4,13H,5-12,18H2. The quantitative estimate of drug-likeness (QED) is 0.884. The second-order valence-corrected chi connectivity index (χ2v) is 5.96. The van der Waals surface area contributed by atoms with Crippen LogP contribution in [0.5, 0.6) is 0 Å². The lowest BCUT2D eigenvalue weighted by Crippen LogP contribution is -2.51. The average Bonchev–Trinajstić information content (AvgIpc) is 3.05. The highest BCUT2D eigenvalue weighted by Gasteiger charge is 2.31. The Labute approximate surface area is 130 Å². The van der Waals surface area contributed by atoms with E-state index < -0.39 is 0 Å². The van der Waals surface area contributed by atoms with E-state index in [2.05, 4.69) is 9.80 Å². The molecule has 0 aliphatic carbocycles. The summed E-state index contributed by atoms with van der Waals surface area (Å²) in [6.45, 7) is 5.12. The van der Waals surface area contributed by atoms with Gasteiger partial charge in [-0.3, -0.25) is 9.69 Å². The van der Waals surface area contributed by atoms with Crippen molar-refractivity contribution in [3.8, 4) is 0 Å². The molecule has 5 nitrogen and oxygen atoms in total. The first-order chi connectivity index (χ1) is 10.7. The summed E-state index contributed by atoms with van der Waals surface area (Å²) in [5.74, 6) is -0.121. The molecule has 0 saturated carbocycles. The third-order valence-corrected chi connectivity index (χ3v) is 4.71. The fourth-order valence-corrected chi connectivity index (χ4v) is 3.43. The maximum atomic E-state index is 13.8. The molecule has 1 unspecified atom stereocenters. The molecule has 0 bridgehead atoms. The van der Waals surface area contributed by atoms with Gasteiger partial charge in [0.25, 0.3) is 0 Å². The van der Waals surface area contributed by atoms with Gasteiger partial charge in [-0.15, -0.1) is 0 Å². The van der Waals surface area contributed by atoms with Crippen LogP contribution in [0, 0.1) is 5.82 Å². The number of carbonyl (C=O) groups excluding carboxylic acids is 1. The number of benzene rings is 1. The number of hydrogen-bond donors (Lipinski definition) is 1. The molecule has 6 heteroatoms. The van der Waals surface area contributed by atoms with Crippen LogP contribution in [-0.2, 0) is 4.79 Å². The molecule has 1 atom stereocenters. The molecule has 2 fully saturated rings. The normalized spacial score (nSPS) is 23.1. The Morgan fingerprint density at radius 1 is 1.18 bits per heavy atom. The minimum atomic E-state index is -0.156. The van der Waals surface area contributed by atoms with E-state index in [0.717, 1.165) is 45.7 Å². The molecular formula is C16H23FN4O. The minimum absolute atomic E-state index is 0.0347. The summed E-state index contributed by atoms with van der Waals surface area (Å²) in [5, 5.41) is 0. The molecule has 0 radical (unpaired) electrons. The zero-order chi connectivity index (χ0) is 15.5. The molecule has 1 aromatic carbocycles. The van der Waals surface area contributed by atoms with E-state index >= 15 is 0 Å². The Morgan fingerprint density at radius 3 is 2.59 bits per heavy atom. The van der Waals surface area contributed by atoms with E-state index in [1.807, 2.05) is 17.0 Å². The summed E-state index contributed by atoms with van der Waals surface area (Å²) in [6.07, 6.45) is 1.01. The van der Waals surface area contributed by atoms with Gasteiger partial charge < -0.3 is 15.5 Å². The van der Waals surface area contributed by atoms with Crippen LogP contribution < -0.4 is 10.6 Å². The van der Waals surface area contributed by atoms with Crippen molar-refractivity contribution in [2.75, 3.05) is 50.7 Å². The Balaban J connectivity index is 1.54. The number of amides is 1. The van der Waals surface area contributed by atoms with E-state index in [9.17, 15) is 9.18 Å². The van der Waals surface area contributed by atoms with Crippen molar-refractivity contribution >= 4 is 11.6 Å².